The standard InChI is InChI=1S/C53H27F3N6/c54-53(55,56)38-19-22-41(36(23-38)30-59)46-27-49(61-47-15-7-5-13-42(47)44-20-17-32(24-50(44)61)39-11-3-1-9-34(39)28-57)37(31-60)26-52(46)62-48-16-8-6-14-43(48)45-21-18-33(25-51(45)62)40-12-4-2-10-35(40)29-58/h1-27H. The maximum absolute atomic E-state index is 14.2. The maximum Gasteiger partial charge on any atom is 0.416 e. The van der Waals surface area contributed by atoms with Crippen molar-refractivity contribution in [1.29, 1.82) is 21.0 Å². The Bertz CT molecular complexity index is 3690. The van der Waals surface area contributed by atoms with Gasteiger partial charge in [-0.2, -0.15) is 34.2 Å². The number of halogens is 3. The van der Waals surface area contributed by atoms with E-state index in [0.717, 1.165) is 78.0 Å². The first kappa shape index (κ1) is 37.4. The number of hydrogen-bond donors (Lipinski definition) is 0. The fraction of sp³-hybridized carbons (Fsp3) is 0.0189. The first-order valence-corrected chi connectivity index (χ1v) is 19.5. The van der Waals surface area contributed by atoms with Crippen LogP contribution in [-0.4, -0.2) is 9.13 Å². The zero-order valence-corrected chi connectivity index (χ0v) is 32.4. The quantitative estimate of drug-likeness (QED) is 0.173. The van der Waals surface area contributed by atoms with Crippen LogP contribution in [0.1, 0.15) is 27.8 Å². The number of aromatic nitrogens is 2. The Hall–Kier alpha value is -8.89. The van der Waals surface area contributed by atoms with Crippen LogP contribution in [0.4, 0.5) is 13.2 Å². The minimum absolute atomic E-state index is 0.196. The van der Waals surface area contributed by atoms with E-state index in [-0.39, 0.29) is 16.7 Å². The second-order valence-electron chi connectivity index (χ2n) is 14.9. The summed E-state index contributed by atoms with van der Waals surface area (Å²) in [6.07, 6.45) is -4.70. The minimum atomic E-state index is -4.70. The smallest absolute Gasteiger partial charge is 0.309 e. The monoisotopic (exact) mass is 804 g/mol. The van der Waals surface area contributed by atoms with Gasteiger partial charge in [-0.3, -0.25) is 0 Å². The highest BCUT2D eigenvalue weighted by Gasteiger charge is 2.32. The Morgan fingerprint density at radius 2 is 0.823 bits per heavy atom. The van der Waals surface area contributed by atoms with E-state index < -0.39 is 11.7 Å². The molecular formula is C53H27F3N6. The maximum atomic E-state index is 14.2. The Kier molecular flexibility index (Phi) is 8.70. The Morgan fingerprint density at radius 1 is 0.355 bits per heavy atom. The lowest BCUT2D eigenvalue weighted by atomic mass is 9.94. The molecule has 0 saturated carbocycles. The first-order valence-electron chi connectivity index (χ1n) is 19.5. The van der Waals surface area contributed by atoms with Crippen molar-refractivity contribution in [2.45, 2.75) is 6.18 Å². The van der Waals surface area contributed by atoms with Gasteiger partial charge in [0, 0.05) is 32.7 Å². The van der Waals surface area contributed by atoms with Crippen LogP contribution in [0.5, 0.6) is 0 Å². The highest BCUT2D eigenvalue weighted by molar-refractivity contribution is 6.12. The third kappa shape index (κ3) is 5.85. The molecule has 62 heavy (non-hydrogen) atoms. The van der Waals surface area contributed by atoms with E-state index in [0.29, 0.717) is 28.1 Å². The average Bonchev–Trinajstić information content (AvgIpc) is 3.82. The number of nitriles is 4. The Labute approximate surface area is 352 Å². The predicted octanol–water partition coefficient (Wildman–Crippen LogP) is 13.4. The van der Waals surface area contributed by atoms with Crippen LogP contribution in [-0.2, 0) is 6.18 Å². The molecule has 2 aromatic heterocycles. The van der Waals surface area contributed by atoms with E-state index in [1.165, 1.54) is 6.07 Å². The summed E-state index contributed by atoms with van der Waals surface area (Å²) < 4.78 is 46.5. The van der Waals surface area contributed by atoms with Crippen molar-refractivity contribution in [3.05, 3.63) is 192 Å². The summed E-state index contributed by atoms with van der Waals surface area (Å²) in [6.45, 7) is 0. The second-order valence-corrected chi connectivity index (χ2v) is 14.9. The van der Waals surface area contributed by atoms with Gasteiger partial charge in [-0.15, -0.1) is 0 Å². The number of rotatable bonds is 5. The zero-order chi connectivity index (χ0) is 42.7. The molecule has 0 saturated heterocycles. The lowest BCUT2D eigenvalue weighted by Gasteiger charge is -2.20. The molecule has 0 radical (unpaired) electrons. The van der Waals surface area contributed by atoms with Crippen molar-refractivity contribution in [2.24, 2.45) is 0 Å². The van der Waals surface area contributed by atoms with Gasteiger partial charge in [-0.1, -0.05) is 103 Å². The van der Waals surface area contributed by atoms with Crippen molar-refractivity contribution in [2.75, 3.05) is 0 Å². The molecule has 0 aliphatic rings. The van der Waals surface area contributed by atoms with Crippen LogP contribution in [0.25, 0.3) is 88.4 Å². The number of fused-ring (bicyclic) bond motifs is 6. The Morgan fingerprint density at radius 3 is 1.34 bits per heavy atom. The summed E-state index contributed by atoms with van der Waals surface area (Å²) in [7, 11) is 0. The van der Waals surface area contributed by atoms with Gasteiger partial charge in [0.2, 0.25) is 0 Å². The molecular weight excluding hydrogens is 778 g/mol. The summed E-state index contributed by atoms with van der Waals surface area (Å²) in [5.74, 6) is 0. The van der Waals surface area contributed by atoms with Gasteiger partial charge in [-0.05, 0) is 82.9 Å². The SMILES string of the molecule is N#Cc1ccccc1-c1ccc2c3ccccc3n(-c3cc(-c4ccc(C(F)(F)F)cc4C#N)c(-n4c5ccccc5c5ccc(-c6ccccc6C#N)cc54)cc3C#N)c2c1. The third-order valence-corrected chi connectivity index (χ3v) is 11.5. The molecule has 0 fully saturated rings. The number of alkyl halides is 3. The molecule has 0 N–H and O–H groups in total. The van der Waals surface area contributed by atoms with E-state index in [2.05, 4.69) is 18.2 Å². The van der Waals surface area contributed by atoms with Gasteiger partial charge in [-0.25, -0.2) is 0 Å². The predicted molar refractivity (Wildman–Crippen MR) is 235 cm³/mol. The highest BCUT2D eigenvalue weighted by Crippen LogP contribution is 2.44. The molecule has 0 unspecified atom stereocenters. The van der Waals surface area contributed by atoms with Crippen molar-refractivity contribution in [1.82, 2.24) is 9.13 Å². The van der Waals surface area contributed by atoms with Crippen LogP contribution >= 0.6 is 0 Å². The molecule has 0 spiro atoms. The molecule has 10 aromatic rings. The van der Waals surface area contributed by atoms with E-state index in [1.54, 1.807) is 36.4 Å². The Balaban J connectivity index is 1.34. The molecule has 0 aliphatic carbocycles. The topological polar surface area (TPSA) is 105 Å². The lowest BCUT2D eigenvalue weighted by Crippen LogP contribution is -2.07. The van der Waals surface area contributed by atoms with Crippen LogP contribution in [0.3, 0.4) is 0 Å². The molecule has 0 atom stereocenters. The van der Waals surface area contributed by atoms with Crippen LogP contribution in [0.15, 0.2) is 164 Å². The van der Waals surface area contributed by atoms with Crippen molar-refractivity contribution in [3.8, 4) is 69.0 Å². The largest absolute Gasteiger partial charge is 0.416 e. The molecule has 0 bridgehead atoms. The molecule has 0 amide bonds. The normalized spacial score (nSPS) is 11.4. The van der Waals surface area contributed by atoms with Gasteiger partial charge in [0.1, 0.15) is 6.07 Å². The molecule has 10 rings (SSSR count). The van der Waals surface area contributed by atoms with E-state index in [4.69, 9.17) is 0 Å². The van der Waals surface area contributed by atoms with Crippen molar-refractivity contribution >= 4 is 43.6 Å². The fourth-order valence-electron chi connectivity index (χ4n) is 8.76. The van der Waals surface area contributed by atoms with E-state index in [9.17, 15) is 34.2 Å². The molecule has 290 valence electrons. The molecule has 2 heterocycles. The summed E-state index contributed by atoms with van der Waals surface area (Å²) in [4.78, 5) is 0. The van der Waals surface area contributed by atoms with Crippen LogP contribution in [0, 0.1) is 45.3 Å². The average molecular weight is 805 g/mol. The van der Waals surface area contributed by atoms with E-state index >= 15 is 0 Å². The zero-order valence-electron chi connectivity index (χ0n) is 32.4. The summed E-state index contributed by atoms with van der Waals surface area (Å²) in [5, 5.41) is 45.2. The number of nitrogens with zero attached hydrogens (tertiary/aromatic N) is 6. The summed E-state index contributed by atoms with van der Waals surface area (Å²) in [5.41, 5.74) is 7.62. The molecule has 0 aliphatic heterocycles. The minimum Gasteiger partial charge on any atom is -0.309 e. The van der Waals surface area contributed by atoms with Gasteiger partial charge in [0.05, 0.1) is 79.5 Å². The van der Waals surface area contributed by atoms with Crippen molar-refractivity contribution < 1.29 is 13.2 Å². The van der Waals surface area contributed by atoms with Gasteiger partial charge in [0.25, 0.3) is 0 Å². The highest BCUT2D eigenvalue weighted by atomic mass is 19.4. The summed E-state index contributed by atoms with van der Waals surface area (Å²) >= 11 is 0. The second kappa shape index (κ2) is 14.4. The van der Waals surface area contributed by atoms with Crippen LogP contribution in [0.2, 0.25) is 0 Å². The van der Waals surface area contributed by atoms with Crippen molar-refractivity contribution in [3.63, 3.8) is 0 Å². The fourth-order valence-corrected chi connectivity index (χ4v) is 8.76. The third-order valence-electron chi connectivity index (χ3n) is 11.5. The number of para-hydroxylation sites is 2. The van der Waals surface area contributed by atoms with E-state index in [1.807, 2.05) is 124 Å². The lowest BCUT2D eigenvalue weighted by molar-refractivity contribution is -0.137. The first-order chi connectivity index (χ1) is 30.2. The van der Waals surface area contributed by atoms with Crippen LogP contribution < -0.4 is 0 Å². The number of hydrogen-bond acceptors (Lipinski definition) is 4. The summed E-state index contributed by atoms with van der Waals surface area (Å²) in [6, 6.07) is 57.6. The molecule has 6 nitrogen and oxygen atoms in total. The van der Waals surface area contributed by atoms with Gasteiger partial charge >= 0.3 is 6.18 Å². The number of benzene rings is 8. The van der Waals surface area contributed by atoms with Gasteiger partial charge in [0.15, 0.2) is 0 Å². The molecule has 8 aromatic carbocycles. The van der Waals surface area contributed by atoms with Gasteiger partial charge < -0.3 is 9.13 Å². The molecule has 9 heteroatoms.